The lowest BCUT2D eigenvalue weighted by atomic mass is 9.93. The highest BCUT2D eigenvalue weighted by Crippen LogP contribution is 2.26. The predicted molar refractivity (Wildman–Crippen MR) is 106 cm³/mol. The van der Waals surface area contributed by atoms with E-state index in [4.69, 9.17) is 16.3 Å². The largest absolute Gasteiger partial charge is 0.377 e. The summed E-state index contributed by atoms with van der Waals surface area (Å²) in [4.78, 5) is 34.3. The van der Waals surface area contributed by atoms with Gasteiger partial charge in [-0.25, -0.2) is 4.98 Å². The summed E-state index contributed by atoms with van der Waals surface area (Å²) in [6.45, 7) is 3.31. The van der Waals surface area contributed by atoms with Crippen molar-refractivity contribution in [3.63, 3.8) is 0 Å². The van der Waals surface area contributed by atoms with Crippen molar-refractivity contribution in [2.24, 2.45) is 0 Å². The minimum absolute atomic E-state index is 0.0557. The molecule has 0 bridgehead atoms. The van der Waals surface area contributed by atoms with Crippen LogP contribution in [0, 0.1) is 0 Å². The van der Waals surface area contributed by atoms with Gasteiger partial charge in [-0.05, 0) is 36.6 Å². The van der Waals surface area contributed by atoms with Crippen molar-refractivity contribution in [2.45, 2.75) is 32.8 Å². The highest BCUT2D eigenvalue weighted by atomic mass is 35.5. The molecule has 3 aromatic heterocycles. The van der Waals surface area contributed by atoms with Crippen LogP contribution in [-0.4, -0.2) is 43.6 Å². The first-order valence-corrected chi connectivity index (χ1v) is 9.31. The van der Waals surface area contributed by atoms with E-state index in [2.05, 4.69) is 20.2 Å². The number of carbonyl (C=O) groups excluding carboxylic acids is 2. The maximum atomic E-state index is 12.7. The zero-order chi connectivity index (χ0) is 21.0. The van der Waals surface area contributed by atoms with E-state index in [0.717, 1.165) is 0 Å². The number of Topliss-reactive ketones (excluding diaryl/α,β-unsaturated/α-hetero) is 2. The molecule has 3 aromatic rings. The summed E-state index contributed by atoms with van der Waals surface area (Å²) < 4.78 is 5.40. The van der Waals surface area contributed by atoms with Gasteiger partial charge in [0, 0.05) is 44.1 Å². The molecule has 0 aliphatic carbocycles. The molecule has 9 heteroatoms. The third-order valence-corrected chi connectivity index (χ3v) is 4.76. The Morgan fingerprint density at radius 1 is 1.17 bits per heavy atom. The smallest absolute Gasteiger partial charge is 0.193 e. The van der Waals surface area contributed by atoms with E-state index in [1.807, 2.05) is 6.92 Å². The van der Waals surface area contributed by atoms with Gasteiger partial charge in [0.25, 0.3) is 0 Å². The quantitative estimate of drug-likeness (QED) is 0.523. The molecular formula is C20H20ClN5O3. The van der Waals surface area contributed by atoms with Crippen LogP contribution >= 0.6 is 11.6 Å². The van der Waals surface area contributed by atoms with Crippen LogP contribution in [0.25, 0.3) is 5.82 Å². The number of methoxy groups -OCH3 is 1. The van der Waals surface area contributed by atoms with Crippen LogP contribution < -0.4 is 0 Å². The van der Waals surface area contributed by atoms with Gasteiger partial charge >= 0.3 is 0 Å². The Bertz CT molecular complexity index is 1040. The molecule has 8 nitrogen and oxygen atoms in total. The maximum absolute atomic E-state index is 12.7. The molecule has 0 radical (unpaired) electrons. The maximum Gasteiger partial charge on any atom is 0.193 e. The number of nitrogens with zero attached hydrogens (tertiary/aromatic N) is 5. The lowest BCUT2D eigenvalue weighted by Gasteiger charge is -2.17. The molecule has 0 aromatic carbocycles. The van der Waals surface area contributed by atoms with Gasteiger partial charge in [0.1, 0.15) is 5.78 Å². The Hall–Kier alpha value is -2.97. The number of carbonyl (C=O) groups is 2. The van der Waals surface area contributed by atoms with Gasteiger partial charge < -0.3 is 4.74 Å². The fourth-order valence-electron chi connectivity index (χ4n) is 3.08. The molecular weight excluding hydrogens is 394 g/mol. The summed E-state index contributed by atoms with van der Waals surface area (Å²) in [6.07, 6.45) is 7.67. The summed E-state index contributed by atoms with van der Waals surface area (Å²) in [5.74, 6) is 0.215. The van der Waals surface area contributed by atoms with Gasteiger partial charge in [-0.15, -0.1) is 4.80 Å². The number of ketones is 2. The SMILES string of the molecule is CO[C@@H](C)c1c(CC(=O)Cc2cnc(-n3nccn3)c(Cl)c2)cncc1C(C)=O. The lowest BCUT2D eigenvalue weighted by molar-refractivity contribution is -0.117. The highest BCUT2D eigenvalue weighted by Gasteiger charge is 2.20. The van der Waals surface area contributed by atoms with Crippen molar-refractivity contribution in [2.75, 3.05) is 7.11 Å². The summed E-state index contributed by atoms with van der Waals surface area (Å²) in [5, 5.41) is 8.34. The number of hydrogen-bond acceptors (Lipinski definition) is 7. The summed E-state index contributed by atoms with van der Waals surface area (Å²) >= 11 is 6.27. The van der Waals surface area contributed by atoms with Crippen molar-refractivity contribution in [1.82, 2.24) is 25.0 Å². The van der Waals surface area contributed by atoms with Crippen molar-refractivity contribution >= 4 is 23.2 Å². The van der Waals surface area contributed by atoms with Gasteiger partial charge in [-0.1, -0.05) is 11.6 Å². The first-order chi connectivity index (χ1) is 13.9. The fourth-order valence-corrected chi connectivity index (χ4v) is 3.34. The predicted octanol–water partition coefficient (Wildman–Crippen LogP) is 2.98. The Morgan fingerprint density at radius 2 is 1.90 bits per heavy atom. The van der Waals surface area contributed by atoms with Gasteiger partial charge in [0.2, 0.25) is 0 Å². The monoisotopic (exact) mass is 413 g/mol. The van der Waals surface area contributed by atoms with E-state index in [1.165, 1.54) is 30.3 Å². The van der Waals surface area contributed by atoms with E-state index >= 15 is 0 Å². The molecule has 0 saturated heterocycles. The van der Waals surface area contributed by atoms with Crippen LogP contribution in [0.4, 0.5) is 0 Å². The third kappa shape index (κ3) is 4.72. The molecule has 29 heavy (non-hydrogen) atoms. The van der Waals surface area contributed by atoms with E-state index in [9.17, 15) is 9.59 Å². The molecule has 0 unspecified atom stereocenters. The zero-order valence-corrected chi connectivity index (χ0v) is 17.1. The van der Waals surface area contributed by atoms with Crippen LogP contribution in [0.3, 0.4) is 0 Å². The average molecular weight is 414 g/mol. The van der Waals surface area contributed by atoms with E-state index < -0.39 is 0 Å². The van der Waals surface area contributed by atoms with Gasteiger partial charge in [0.05, 0.1) is 23.5 Å². The van der Waals surface area contributed by atoms with Crippen molar-refractivity contribution < 1.29 is 14.3 Å². The Morgan fingerprint density at radius 3 is 2.52 bits per heavy atom. The number of ether oxygens (including phenoxy) is 1. The Labute approximate surface area is 172 Å². The minimum Gasteiger partial charge on any atom is -0.377 e. The summed E-state index contributed by atoms with van der Waals surface area (Å²) in [5.41, 5.74) is 2.51. The molecule has 0 fully saturated rings. The molecule has 3 rings (SSSR count). The highest BCUT2D eigenvalue weighted by molar-refractivity contribution is 6.32. The van der Waals surface area contributed by atoms with Crippen LogP contribution in [0.2, 0.25) is 5.02 Å². The van der Waals surface area contributed by atoms with Crippen LogP contribution in [-0.2, 0) is 22.4 Å². The second-order valence-corrected chi connectivity index (χ2v) is 6.96. The van der Waals surface area contributed by atoms with Crippen molar-refractivity contribution in [3.8, 4) is 5.82 Å². The summed E-state index contributed by atoms with van der Waals surface area (Å²) in [6, 6.07) is 1.67. The molecule has 0 saturated carbocycles. The number of pyridine rings is 2. The summed E-state index contributed by atoms with van der Waals surface area (Å²) in [7, 11) is 1.56. The van der Waals surface area contributed by atoms with E-state index in [0.29, 0.717) is 33.1 Å². The second kappa shape index (κ2) is 9.02. The molecule has 0 N–H and O–H groups in total. The third-order valence-electron chi connectivity index (χ3n) is 4.48. The molecule has 0 spiro atoms. The number of halogens is 1. The van der Waals surface area contributed by atoms with Crippen LogP contribution in [0.5, 0.6) is 0 Å². The van der Waals surface area contributed by atoms with Crippen molar-refractivity contribution in [3.05, 3.63) is 64.3 Å². The van der Waals surface area contributed by atoms with Crippen LogP contribution in [0.15, 0.2) is 37.1 Å². The molecule has 0 aliphatic heterocycles. The van der Waals surface area contributed by atoms with Crippen molar-refractivity contribution in [1.29, 1.82) is 0 Å². The number of hydrogen-bond donors (Lipinski definition) is 0. The van der Waals surface area contributed by atoms with Gasteiger partial charge in [-0.2, -0.15) is 10.2 Å². The van der Waals surface area contributed by atoms with E-state index in [-0.39, 0.29) is 30.5 Å². The Kier molecular flexibility index (Phi) is 6.46. The first-order valence-electron chi connectivity index (χ1n) is 8.94. The normalized spacial score (nSPS) is 12.0. The standard InChI is InChI=1S/C20H20ClN5O3/c1-12(27)17-11-22-10-15(19(17)13(2)29-3)8-16(28)6-14-7-18(21)20(23-9-14)26-24-4-5-25-26/h4-5,7,9-11,13H,6,8H2,1-3H3/t13-/m0/s1. The molecule has 1 atom stereocenters. The Balaban J connectivity index is 1.80. The first kappa shape index (κ1) is 20.8. The zero-order valence-electron chi connectivity index (χ0n) is 16.3. The number of aromatic nitrogens is 5. The van der Waals surface area contributed by atoms with Gasteiger partial charge in [0.15, 0.2) is 11.6 Å². The molecule has 0 aliphatic rings. The van der Waals surface area contributed by atoms with Crippen LogP contribution in [0.1, 0.15) is 47.0 Å². The molecule has 0 amide bonds. The van der Waals surface area contributed by atoms with Gasteiger partial charge in [-0.3, -0.25) is 14.6 Å². The minimum atomic E-state index is -0.336. The molecule has 3 heterocycles. The number of rotatable bonds is 8. The van der Waals surface area contributed by atoms with E-state index in [1.54, 1.807) is 25.6 Å². The second-order valence-electron chi connectivity index (χ2n) is 6.55. The molecule has 150 valence electrons. The average Bonchev–Trinajstić information content (AvgIpc) is 3.21. The topological polar surface area (TPSA) is 99.9 Å². The fraction of sp³-hybridized carbons (Fsp3) is 0.300. The lowest BCUT2D eigenvalue weighted by Crippen LogP contribution is -2.14.